The van der Waals surface area contributed by atoms with Crippen molar-refractivity contribution in [2.45, 2.75) is 70.9 Å². The molecule has 2 aliphatic carbocycles. The molecule has 5 heteroatoms. The first kappa shape index (κ1) is 16.7. The number of hydrogen-bond acceptors (Lipinski definition) is 3. The average molecular weight is 322 g/mol. The van der Waals surface area contributed by atoms with E-state index in [1.54, 1.807) is 0 Å². The molecule has 130 valence electrons. The lowest BCUT2D eigenvalue weighted by Crippen LogP contribution is -2.50. The van der Waals surface area contributed by atoms with Gasteiger partial charge in [-0.05, 0) is 44.4 Å². The number of rotatable bonds is 4. The van der Waals surface area contributed by atoms with Gasteiger partial charge >= 0.3 is 5.97 Å². The Morgan fingerprint density at radius 3 is 2.61 bits per heavy atom. The number of carboxylic acid groups (broad SMARTS) is 1. The fourth-order valence-electron chi connectivity index (χ4n) is 4.97. The van der Waals surface area contributed by atoms with E-state index >= 15 is 0 Å². The van der Waals surface area contributed by atoms with Crippen LogP contribution in [-0.4, -0.2) is 47.1 Å². The predicted octanol–water partition coefficient (Wildman–Crippen LogP) is 2.26. The number of carboxylic acids is 1. The summed E-state index contributed by atoms with van der Waals surface area (Å²) in [6, 6.07) is 0.0557. The standard InChI is InChI=1S/C18H30N2O3/c1-12-6-3-4-8-15(12)19-16(21)13(2)20-10-14-7-5-9-18(14,11-20)17(22)23/h12-15H,3-11H2,1-2H3,(H,19,21)(H,22,23)/t12?,13?,14-,15?,18+/m0/s1. The summed E-state index contributed by atoms with van der Waals surface area (Å²) in [7, 11) is 0. The first-order valence-corrected chi connectivity index (χ1v) is 9.22. The van der Waals surface area contributed by atoms with Crippen molar-refractivity contribution in [3.63, 3.8) is 0 Å². The molecule has 5 nitrogen and oxygen atoms in total. The van der Waals surface area contributed by atoms with E-state index < -0.39 is 11.4 Å². The molecule has 0 spiro atoms. The minimum Gasteiger partial charge on any atom is -0.481 e. The lowest BCUT2D eigenvalue weighted by Gasteiger charge is -2.32. The molecule has 3 rings (SSSR count). The number of carbonyl (C=O) groups is 2. The molecule has 0 aromatic rings. The molecule has 23 heavy (non-hydrogen) atoms. The highest BCUT2D eigenvalue weighted by Gasteiger charge is 2.55. The molecular formula is C18H30N2O3. The van der Waals surface area contributed by atoms with Crippen molar-refractivity contribution >= 4 is 11.9 Å². The van der Waals surface area contributed by atoms with E-state index in [0.717, 1.165) is 32.2 Å². The molecule has 1 aliphatic heterocycles. The summed E-state index contributed by atoms with van der Waals surface area (Å²) >= 11 is 0. The van der Waals surface area contributed by atoms with Crippen LogP contribution in [0.5, 0.6) is 0 Å². The Labute approximate surface area is 138 Å². The first-order valence-electron chi connectivity index (χ1n) is 9.22. The van der Waals surface area contributed by atoms with Crippen LogP contribution in [-0.2, 0) is 9.59 Å². The Bertz CT molecular complexity index is 481. The summed E-state index contributed by atoms with van der Waals surface area (Å²) in [5.74, 6) is 0.160. The number of likely N-dealkylation sites (tertiary alicyclic amines) is 1. The number of hydrogen-bond donors (Lipinski definition) is 2. The number of nitrogens with one attached hydrogen (secondary N) is 1. The lowest BCUT2D eigenvalue weighted by molar-refractivity contribution is -0.149. The van der Waals surface area contributed by atoms with Crippen LogP contribution in [0.15, 0.2) is 0 Å². The third-order valence-corrected chi connectivity index (χ3v) is 6.69. The zero-order valence-electron chi connectivity index (χ0n) is 14.4. The van der Waals surface area contributed by atoms with Crippen molar-refractivity contribution in [1.29, 1.82) is 0 Å². The van der Waals surface area contributed by atoms with Gasteiger partial charge in [-0.2, -0.15) is 0 Å². The monoisotopic (exact) mass is 322 g/mol. The van der Waals surface area contributed by atoms with E-state index in [-0.39, 0.29) is 23.9 Å². The lowest BCUT2D eigenvalue weighted by atomic mass is 9.81. The summed E-state index contributed by atoms with van der Waals surface area (Å²) in [5.41, 5.74) is -0.604. The Morgan fingerprint density at radius 1 is 1.22 bits per heavy atom. The molecule has 0 aromatic heterocycles. The Morgan fingerprint density at radius 2 is 1.96 bits per heavy atom. The zero-order chi connectivity index (χ0) is 16.6. The van der Waals surface area contributed by atoms with Crippen LogP contribution < -0.4 is 5.32 Å². The summed E-state index contributed by atoms with van der Waals surface area (Å²) in [6.07, 6.45) is 7.46. The predicted molar refractivity (Wildman–Crippen MR) is 88.0 cm³/mol. The van der Waals surface area contributed by atoms with Gasteiger partial charge in [0.2, 0.25) is 5.91 Å². The minimum absolute atomic E-state index is 0.0734. The summed E-state index contributed by atoms with van der Waals surface area (Å²) in [6.45, 7) is 5.43. The first-order chi connectivity index (χ1) is 10.9. The van der Waals surface area contributed by atoms with Crippen LogP contribution in [0.3, 0.4) is 0 Å². The van der Waals surface area contributed by atoms with Gasteiger partial charge in [-0.1, -0.05) is 26.2 Å². The van der Waals surface area contributed by atoms with Crippen molar-refractivity contribution in [2.24, 2.45) is 17.3 Å². The maximum Gasteiger partial charge on any atom is 0.311 e. The number of amides is 1. The smallest absolute Gasteiger partial charge is 0.311 e. The summed E-state index contributed by atoms with van der Waals surface area (Å²) < 4.78 is 0. The molecule has 1 heterocycles. The largest absolute Gasteiger partial charge is 0.481 e. The number of carbonyl (C=O) groups excluding carboxylic acids is 1. The maximum absolute atomic E-state index is 12.6. The van der Waals surface area contributed by atoms with Crippen molar-refractivity contribution in [2.75, 3.05) is 13.1 Å². The normalized spacial score (nSPS) is 39.0. The van der Waals surface area contributed by atoms with Crippen molar-refractivity contribution in [3.8, 4) is 0 Å². The molecule has 3 unspecified atom stereocenters. The van der Waals surface area contributed by atoms with Crippen LogP contribution in [0.25, 0.3) is 0 Å². The third-order valence-electron chi connectivity index (χ3n) is 6.69. The Kier molecular flexibility index (Phi) is 4.68. The van der Waals surface area contributed by atoms with Crippen LogP contribution in [0, 0.1) is 17.3 Å². The molecule has 0 aromatic carbocycles. The van der Waals surface area contributed by atoms with E-state index in [0.29, 0.717) is 12.5 Å². The topological polar surface area (TPSA) is 69.6 Å². The van der Waals surface area contributed by atoms with E-state index in [9.17, 15) is 14.7 Å². The Balaban J connectivity index is 1.61. The van der Waals surface area contributed by atoms with Crippen molar-refractivity contribution in [1.82, 2.24) is 10.2 Å². The van der Waals surface area contributed by atoms with E-state index in [4.69, 9.17) is 0 Å². The van der Waals surface area contributed by atoms with Crippen LogP contribution in [0.4, 0.5) is 0 Å². The highest BCUT2D eigenvalue weighted by Crippen LogP contribution is 2.49. The second-order valence-corrected chi connectivity index (χ2v) is 8.03. The van der Waals surface area contributed by atoms with Crippen LogP contribution in [0.1, 0.15) is 58.8 Å². The van der Waals surface area contributed by atoms with E-state index in [1.807, 2.05) is 6.92 Å². The molecule has 1 amide bonds. The van der Waals surface area contributed by atoms with Gasteiger partial charge in [0.1, 0.15) is 0 Å². The van der Waals surface area contributed by atoms with Gasteiger partial charge in [-0.25, -0.2) is 0 Å². The second kappa shape index (κ2) is 6.42. The van der Waals surface area contributed by atoms with Crippen LogP contribution in [0.2, 0.25) is 0 Å². The summed E-state index contributed by atoms with van der Waals surface area (Å²) in [5, 5.41) is 12.9. The van der Waals surface area contributed by atoms with E-state index in [1.165, 1.54) is 19.3 Å². The molecule has 3 fully saturated rings. The van der Waals surface area contributed by atoms with Crippen molar-refractivity contribution < 1.29 is 14.7 Å². The van der Waals surface area contributed by atoms with Crippen LogP contribution >= 0.6 is 0 Å². The van der Waals surface area contributed by atoms with Gasteiger partial charge in [0.15, 0.2) is 0 Å². The molecule has 2 saturated carbocycles. The molecule has 2 N–H and O–H groups in total. The van der Waals surface area contributed by atoms with E-state index in [2.05, 4.69) is 17.1 Å². The van der Waals surface area contributed by atoms with Gasteiger partial charge in [-0.15, -0.1) is 0 Å². The minimum atomic E-state index is -0.670. The number of nitrogens with zero attached hydrogens (tertiary/aromatic N) is 1. The van der Waals surface area contributed by atoms with Crippen molar-refractivity contribution in [3.05, 3.63) is 0 Å². The zero-order valence-corrected chi connectivity index (χ0v) is 14.4. The van der Waals surface area contributed by atoms with Gasteiger partial charge in [0.25, 0.3) is 0 Å². The molecule has 5 atom stereocenters. The SMILES string of the molecule is CC1CCCCC1NC(=O)C(C)N1C[C@@H]2CCC[C@@]2(C(=O)O)C1. The third kappa shape index (κ3) is 3.00. The fraction of sp³-hybridized carbons (Fsp3) is 0.889. The molecule has 0 radical (unpaired) electrons. The molecule has 3 aliphatic rings. The van der Waals surface area contributed by atoms with Gasteiger partial charge in [0, 0.05) is 19.1 Å². The Hall–Kier alpha value is -1.10. The maximum atomic E-state index is 12.6. The van der Waals surface area contributed by atoms with Gasteiger partial charge in [-0.3, -0.25) is 14.5 Å². The average Bonchev–Trinajstić information content (AvgIpc) is 3.06. The molecule has 0 bridgehead atoms. The van der Waals surface area contributed by atoms with Gasteiger partial charge in [0.05, 0.1) is 11.5 Å². The highest BCUT2D eigenvalue weighted by molar-refractivity contribution is 5.82. The van der Waals surface area contributed by atoms with Gasteiger partial charge < -0.3 is 10.4 Å². The number of fused-ring (bicyclic) bond motifs is 1. The quantitative estimate of drug-likeness (QED) is 0.833. The highest BCUT2D eigenvalue weighted by atomic mass is 16.4. The molecular weight excluding hydrogens is 292 g/mol. The summed E-state index contributed by atoms with van der Waals surface area (Å²) in [4.78, 5) is 26.5. The fourth-order valence-corrected chi connectivity index (χ4v) is 4.97. The second-order valence-electron chi connectivity index (χ2n) is 8.03. The molecule has 1 saturated heterocycles. The number of aliphatic carboxylic acids is 1.